The normalized spacial score (nSPS) is 14.9. The van der Waals surface area contributed by atoms with Gasteiger partial charge in [0.05, 0.1) is 16.2 Å². The minimum Gasteiger partial charge on any atom is -0.268 e. The number of benzene rings is 2. The third-order valence-corrected chi connectivity index (χ3v) is 5.36. The molecule has 0 radical (unpaired) electrons. The van der Waals surface area contributed by atoms with Crippen LogP contribution in [0.25, 0.3) is 5.57 Å². The van der Waals surface area contributed by atoms with E-state index in [2.05, 4.69) is 13.8 Å². The van der Waals surface area contributed by atoms with Gasteiger partial charge in [0.1, 0.15) is 0 Å². The summed E-state index contributed by atoms with van der Waals surface area (Å²) < 4.78 is 0. The fourth-order valence-corrected chi connectivity index (χ4v) is 3.94. The third-order valence-electron chi connectivity index (χ3n) is 4.28. The van der Waals surface area contributed by atoms with Gasteiger partial charge in [-0.1, -0.05) is 70.2 Å². The Morgan fingerprint density at radius 3 is 1.96 bits per heavy atom. The van der Waals surface area contributed by atoms with Crippen molar-refractivity contribution in [2.24, 2.45) is 0 Å². The second kappa shape index (κ2) is 7.50. The second-order valence-corrected chi connectivity index (χ2v) is 8.52. The predicted molar refractivity (Wildman–Crippen MR) is 109 cm³/mol. The molecule has 1 heterocycles. The summed E-state index contributed by atoms with van der Waals surface area (Å²) in [5.41, 5.74) is 3.09. The molecule has 0 aliphatic carbocycles. The Labute approximate surface area is 159 Å². The molecule has 2 aromatic rings. The van der Waals surface area contributed by atoms with Crippen molar-refractivity contribution in [1.29, 1.82) is 0 Å². The summed E-state index contributed by atoms with van der Waals surface area (Å²) >= 11 is 1.45. The zero-order valence-corrected chi connectivity index (χ0v) is 16.3. The fourth-order valence-electron chi connectivity index (χ4n) is 2.96. The van der Waals surface area contributed by atoms with Crippen molar-refractivity contribution >= 4 is 34.8 Å². The van der Waals surface area contributed by atoms with E-state index in [4.69, 9.17) is 0 Å². The molecule has 0 atom stereocenters. The molecule has 1 aliphatic rings. The summed E-state index contributed by atoms with van der Waals surface area (Å²) in [6.07, 6.45) is 0. The van der Waals surface area contributed by atoms with E-state index >= 15 is 0 Å². The van der Waals surface area contributed by atoms with Gasteiger partial charge in [0, 0.05) is 5.25 Å². The number of nitrogens with zero attached hydrogens (tertiary/aromatic N) is 1. The number of carbonyl (C=O) groups is 2. The van der Waals surface area contributed by atoms with Crippen molar-refractivity contribution in [3.05, 3.63) is 70.6 Å². The van der Waals surface area contributed by atoms with Crippen LogP contribution < -0.4 is 4.90 Å². The zero-order chi connectivity index (χ0) is 18.8. The highest BCUT2D eigenvalue weighted by molar-refractivity contribution is 8.04. The topological polar surface area (TPSA) is 37.4 Å². The summed E-state index contributed by atoms with van der Waals surface area (Å²) in [6.45, 7) is 8.29. The second-order valence-electron chi connectivity index (χ2n) is 6.93. The maximum atomic E-state index is 13.2. The number of thioether (sulfide) groups is 1. The molecule has 1 aliphatic heterocycles. The lowest BCUT2D eigenvalue weighted by atomic mass is 10.0. The highest BCUT2D eigenvalue weighted by Gasteiger charge is 2.40. The van der Waals surface area contributed by atoms with Crippen LogP contribution in [0.1, 0.15) is 44.7 Å². The summed E-state index contributed by atoms with van der Waals surface area (Å²) in [6, 6.07) is 17.1. The van der Waals surface area contributed by atoms with Gasteiger partial charge in [-0.05, 0) is 29.2 Å². The molecule has 0 saturated heterocycles. The van der Waals surface area contributed by atoms with Crippen molar-refractivity contribution in [3.8, 4) is 0 Å². The Bertz CT molecular complexity index is 851. The first-order valence-corrected chi connectivity index (χ1v) is 9.73. The Morgan fingerprint density at radius 1 is 0.808 bits per heavy atom. The van der Waals surface area contributed by atoms with Crippen molar-refractivity contribution in [1.82, 2.24) is 0 Å². The van der Waals surface area contributed by atoms with E-state index in [1.54, 1.807) is 0 Å². The molecular weight excluding hydrogens is 342 g/mol. The van der Waals surface area contributed by atoms with E-state index in [9.17, 15) is 9.59 Å². The van der Waals surface area contributed by atoms with E-state index < -0.39 is 0 Å². The van der Waals surface area contributed by atoms with E-state index in [1.807, 2.05) is 68.4 Å². The molecule has 0 fully saturated rings. The van der Waals surface area contributed by atoms with Crippen LogP contribution in [0.15, 0.2) is 59.5 Å². The van der Waals surface area contributed by atoms with Gasteiger partial charge in [-0.2, -0.15) is 0 Å². The number of rotatable bonds is 5. The fraction of sp³-hybridized carbons (Fsp3) is 0.273. The smallest absolute Gasteiger partial charge is 0.268 e. The number of hydrogen-bond acceptors (Lipinski definition) is 3. The van der Waals surface area contributed by atoms with Gasteiger partial charge in [0.15, 0.2) is 0 Å². The summed E-state index contributed by atoms with van der Waals surface area (Å²) in [5, 5.41) is 0.212. The molecule has 0 spiro atoms. The third kappa shape index (κ3) is 3.47. The molecule has 134 valence electrons. The van der Waals surface area contributed by atoms with Crippen LogP contribution in [0.2, 0.25) is 0 Å². The number of hydrogen-bond donors (Lipinski definition) is 0. The lowest BCUT2D eigenvalue weighted by molar-refractivity contribution is -0.119. The summed E-state index contributed by atoms with van der Waals surface area (Å²) in [7, 11) is 0. The minimum atomic E-state index is -0.248. The molecule has 0 unspecified atom stereocenters. The van der Waals surface area contributed by atoms with E-state index in [-0.39, 0.29) is 17.1 Å². The van der Waals surface area contributed by atoms with E-state index in [1.165, 1.54) is 22.2 Å². The number of anilines is 1. The number of amides is 2. The predicted octanol–water partition coefficient (Wildman–Crippen LogP) is 5.24. The summed E-state index contributed by atoms with van der Waals surface area (Å²) in [5.74, 6) is -0.0782. The molecule has 0 N–H and O–H groups in total. The standard InChI is InChI=1S/C22H23NO2S/c1-14(2)16-10-12-18(13-11-16)23-21(24)19(17-8-6-5-7-9-17)20(22(23)25)26-15(3)4/h5-15H,1-4H3. The number of carbonyl (C=O) groups excluding carboxylic acids is 2. The molecule has 26 heavy (non-hydrogen) atoms. The Kier molecular flexibility index (Phi) is 5.33. The highest BCUT2D eigenvalue weighted by atomic mass is 32.2. The van der Waals surface area contributed by atoms with E-state index in [0.29, 0.717) is 22.1 Å². The lowest BCUT2D eigenvalue weighted by Crippen LogP contribution is -2.31. The Hall–Kier alpha value is -2.33. The van der Waals surface area contributed by atoms with Gasteiger partial charge in [-0.25, -0.2) is 4.90 Å². The zero-order valence-electron chi connectivity index (χ0n) is 15.5. The average molecular weight is 365 g/mol. The van der Waals surface area contributed by atoms with Crippen molar-refractivity contribution in [2.75, 3.05) is 4.90 Å². The monoisotopic (exact) mass is 365 g/mol. The molecule has 0 aromatic heterocycles. The largest absolute Gasteiger partial charge is 0.272 e. The molecule has 4 heteroatoms. The maximum absolute atomic E-state index is 13.2. The van der Waals surface area contributed by atoms with Crippen molar-refractivity contribution < 1.29 is 9.59 Å². The minimum absolute atomic E-state index is 0.212. The Morgan fingerprint density at radius 2 is 1.42 bits per heavy atom. The SMILES string of the molecule is CC(C)SC1=C(c2ccccc2)C(=O)N(c2ccc(C(C)C)cc2)C1=O. The van der Waals surface area contributed by atoms with Crippen LogP contribution in [-0.2, 0) is 9.59 Å². The van der Waals surface area contributed by atoms with Crippen LogP contribution in [-0.4, -0.2) is 17.1 Å². The molecule has 0 saturated carbocycles. The molecule has 3 rings (SSSR count). The number of imide groups is 1. The van der Waals surface area contributed by atoms with Crippen LogP contribution in [0.4, 0.5) is 5.69 Å². The first-order valence-electron chi connectivity index (χ1n) is 8.85. The van der Waals surface area contributed by atoms with Gasteiger partial charge in [-0.3, -0.25) is 9.59 Å². The maximum Gasteiger partial charge on any atom is 0.272 e. The first kappa shape index (κ1) is 18.5. The van der Waals surface area contributed by atoms with Crippen LogP contribution in [0, 0.1) is 0 Å². The van der Waals surface area contributed by atoms with Gasteiger partial charge in [0.25, 0.3) is 11.8 Å². The molecule has 2 aromatic carbocycles. The quantitative estimate of drug-likeness (QED) is 0.680. The van der Waals surface area contributed by atoms with Gasteiger partial charge in [0.2, 0.25) is 0 Å². The van der Waals surface area contributed by atoms with E-state index in [0.717, 1.165) is 5.56 Å². The average Bonchev–Trinajstić information content (AvgIpc) is 2.85. The van der Waals surface area contributed by atoms with Gasteiger partial charge in [-0.15, -0.1) is 11.8 Å². The van der Waals surface area contributed by atoms with Crippen molar-refractivity contribution in [3.63, 3.8) is 0 Å². The van der Waals surface area contributed by atoms with Gasteiger partial charge >= 0.3 is 0 Å². The van der Waals surface area contributed by atoms with Crippen LogP contribution in [0.3, 0.4) is 0 Å². The van der Waals surface area contributed by atoms with Gasteiger partial charge < -0.3 is 0 Å². The highest BCUT2D eigenvalue weighted by Crippen LogP contribution is 2.39. The first-order chi connectivity index (χ1) is 12.4. The Balaban J connectivity index is 2.04. The molecule has 0 bridgehead atoms. The van der Waals surface area contributed by atoms with Crippen LogP contribution in [0.5, 0.6) is 0 Å². The summed E-state index contributed by atoms with van der Waals surface area (Å²) in [4.78, 5) is 28.1. The van der Waals surface area contributed by atoms with Crippen molar-refractivity contribution in [2.45, 2.75) is 38.9 Å². The molecule has 2 amide bonds. The molecular formula is C22H23NO2S. The van der Waals surface area contributed by atoms with Crippen LogP contribution >= 0.6 is 11.8 Å². The lowest BCUT2D eigenvalue weighted by Gasteiger charge is -2.16. The molecule has 3 nitrogen and oxygen atoms in total.